The molecule has 1 atom stereocenters. The summed E-state index contributed by atoms with van der Waals surface area (Å²) < 4.78 is 3.46. The number of hydrogen-bond acceptors (Lipinski definition) is 5. The molecule has 0 saturated heterocycles. The number of amides is 1. The van der Waals surface area contributed by atoms with Gasteiger partial charge in [0.05, 0.1) is 28.5 Å². The average molecular weight is 366 g/mol. The van der Waals surface area contributed by atoms with Crippen LogP contribution in [0.3, 0.4) is 0 Å². The maximum Gasteiger partial charge on any atom is 0.257 e. The van der Waals surface area contributed by atoms with Gasteiger partial charge in [-0.15, -0.1) is 11.3 Å². The van der Waals surface area contributed by atoms with Gasteiger partial charge in [-0.1, -0.05) is 6.07 Å². The van der Waals surface area contributed by atoms with Gasteiger partial charge in [0.15, 0.2) is 5.65 Å². The van der Waals surface area contributed by atoms with E-state index in [0.29, 0.717) is 11.2 Å². The molecule has 0 aliphatic rings. The first kappa shape index (κ1) is 16.5. The van der Waals surface area contributed by atoms with Gasteiger partial charge in [-0.3, -0.25) is 9.48 Å². The van der Waals surface area contributed by atoms with Crippen LogP contribution in [0.4, 0.5) is 0 Å². The molecule has 0 aliphatic heterocycles. The topological polar surface area (TPSA) is 77.1 Å². The van der Waals surface area contributed by atoms with Gasteiger partial charge >= 0.3 is 0 Å². The van der Waals surface area contributed by atoms with Crippen molar-refractivity contribution in [1.29, 1.82) is 0 Å². The third kappa shape index (κ3) is 2.78. The molecule has 8 heteroatoms. The van der Waals surface area contributed by atoms with Crippen molar-refractivity contribution in [2.45, 2.75) is 19.9 Å². The summed E-state index contributed by atoms with van der Waals surface area (Å²) in [6, 6.07) is 5.75. The Morgan fingerprint density at radius 2 is 2.19 bits per heavy atom. The highest BCUT2D eigenvalue weighted by molar-refractivity contribution is 7.13. The summed E-state index contributed by atoms with van der Waals surface area (Å²) in [6.07, 6.45) is 5.19. The summed E-state index contributed by atoms with van der Waals surface area (Å²) in [5.41, 5.74) is 3.81. The van der Waals surface area contributed by atoms with E-state index in [1.54, 1.807) is 32.9 Å². The molecule has 0 aliphatic carbocycles. The monoisotopic (exact) mass is 366 g/mol. The minimum absolute atomic E-state index is 0.161. The molecule has 0 saturated carbocycles. The number of aryl methyl sites for hydroxylation is 2. The first-order valence-electron chi connectivity index (χ1n) is 8.22. The minimum Gasteiger partial charge on any atom is -0.345 e. The van der Waals surface area contributed by atoms with Crippen LogP contribution in [-0.4, -0.2) is 30.3 Å². The molecule has 1 N–H and O–H groups in total. The second-order valence-corrected chi connectivity index (χ2v) is 7.09. The number of carbonyl (C=O) groups excluding carboxylic acids is 1. The zero-order valence-electron chi connectivity index (χ0n) is 14.7. The van der Waals surface area contributed by atoms with Gasteiger partial charge in [-0.05, 0) is 31.4 Å². The molecule has 4 aromatic rings. The van der Waals surface area contributed by atoms with Crippen molar-refractivity contribution in [1.82, 2.24) is 29.7 Å². The van der Waals surface area contributed by atoms with Crippen LogP contribution in [0.1, 0.15) is 34.6 Å². The smallest absolute Gasteiger partial charge is 0.257 e. The van der Waals surface area contributed by atoms with Crippen molar-refractivity contribution in [3.8, 4) is 10.6 Å². The second kappa shape index (κ2) is 6.38. The van der Waals surface area contributed by atoms with Crippen LogP contribution < -0.4 is 5.32 Å². The molecular formula is C18H18N6OS. The van der Waals surface area contributed by atoms with Gasteiger partial charge in [0, 0.05) is 25.0 Å². The van der Waals surface area contributed by atoms with E-state index < -0.39 is 0 Å². The van der Waals surface area contributed by atoms with E-state index in [1.807, 2.05) is 50.7 Å². The fraction of sp³-hybridized carbons (Fsp3) is 0.222. The Labute approximate surface area is 154 Å². The van der Waals surface area contributed by atoms with Crippen LogP contribution in [0.25, 0.3) is 16.2 Å². The van der Waals surface area contributed by atoms with Crippen LogP contribution in [0.15, 0.2) is 42.2 Å². The van der Waals surface area contributed by atoms with E-state index in [2.05, 4.69) is 20.5 Å². The Kier molecular flexibility index (Phi) is 4.04. The summed E-state index contributed by atoms with van der Waals surface area (Å²) >= 11 is 1.62. The molecular weight excluding hydrogens is 348 g/mol. The molecule has 132 valence electrons. The molecule has 0 aromatic carbocycles. The molecule has 1 unspecified atom stereocenters. The highest BCUT2D eigenvalue weighted by Gasteiger charge is 2.20. The number of nitrogens with one attached hydrogen (secondary N) is 1. The molecule has 0 bridgehead atoms. The summed E-state index contributed by atoms with van der Waals surface area (Å²) in [4.78, 5) is 18.2. The molecule has 4 rings (SSSR count). The number of nitrogens with zero attached hydrogens (tertiary/aromatic N) is 5. The average Bonchev–Trinajstić information content (AvgIpc) is 3.33. The molecule has 4 aromatic heterocycles. The predicted molar refractivity (Wildman–Crippen MR) is 100 cm³/mol. The maximum atomic E-state index is 12.8. The van der Waals surface area contributed by atoms with E-state index in [-0.39, 0.29) is 11.9 Å². The lowest BCUT2D eigenvalue weighted by Gasteiger charge is -2.12. The van der Waals surface area contributed by atoms with E-state index in [4.69, 9.17) is 0 Å². The van der Waals surface area contributed by atoms with Crippen LogP contribution in [-0.2, 0) is 7.05 Å². The largest absolute Gasteiger partial charge is 0.345 e. The van der Waals surface area contributed by atoms with Gasteiger partial charge < -0.3 is 5.32 Å². The molecule has 0 radical (unpaired) electrons. The molecule has 7 nitrogen and oxygen atoms in total. The molecule has 1 amide bonds. The quantitative estimate of drug-likeness (QED) is 0.602. The van der Waals surface area contributed by atoms with Gasteiger partial charge in [-0.25, -0.2) is 9.50 Å². The van der Waals surface area contributed by atoms with Gasteiger partial charge in [0.1, 0.15) is 5.56 Å². The third-order valence-electron chi connectivity index (χ3n) is 4.29. The van der Waals surface area contributed by atoms with Gasteiger partial charge in [-0.2, -0.15) is 10.2 Å². The van der Waals surface area contributed by atoms with Gasteiger partial charge in [0.2, 0.25) is 0 Å². The lowest BCUT2D eigenvalue weighted by atomic mass is 10.1. The molecule has 0 fully saturated rings. The van der Waals surface area contributed by atoms with Crippen LogP contribution in [0, 0.1) is 6.92 Å². The number of carbonyl (C=O) groups is 1. The van der Waals surface area contributed by atoms with Crippen molar-refractivity contribution in [3.05, 3.63) is 59.0 Å². The normalized spacial score (nSPS) is 12.4. The van der Waals surface area contributed by atoms with Crippen LogP contribution in [0.2, 0.25) is 0 Å². The lowest BCUT2D eigenvalue weighted by Crippen LogP contribution is -2.26. The van der Waals surface area contributed by atoms with E-state index in [1.165, 1.54) is 0 Å². The molecule has 4 heterocycles. The summed E-state index contributed by atoms with van der Waals surface area (Å²) in [6.45, 7) is 3.88. The van der Waals surface area contributed by atoms with Crippen molar-refractivity contribution in [3.63, 3.8) is 0 Å². The van der Waals surface area contributed by atoms with Crippen LogP contribution in [0.5, 0.6) is 0 Å². The third-order valence-corrected chi connectivity index (χ3v) is 5.18. The Morgan fingerprint density at radius 3 is 2.88 bits per heavy atom. The summed E-state index contributed by atoms with van der Waals surface area (Å²) in [5.74, 6) is -0.202. The number of thiophene rings is 1. The number of fused-ring (bicyclic) bond motifs is 1. The second-order valence-electron chi connectivity index (χ2n) is 6.14. The Hall–Kier alpha value is -3.00. The zero-order chi connectivity index (χ0) is 18.3. The highest BCUT2D eigenvalue weighted by Crippen LogP contribution is 2.25. The standard InChI is InChI=1S/C18H18N6OS/c1-11(14-10-23(3)22-12(14)2)21-18(25)13-9-20-24-15(6-7-19-17(13)24)16-5-4-8-26-16/h4-11H,1-3H3,(H,21,25). The number of hydrogen-bond donors (Lipinski definition) is 1. The van der Waals surface area contributed by atoms with Crippen molar-refractivity contribution in [2.75, 3.05) is 0 Å². The maximum absolute atomic E-state index is 12.8. The fourth-order valence-corrected chi connectivity index (χ4v) is 3.79. The lowest BCUT2D eigenvalue weighted by molar-refractivity contribution is 0.0941. The SMILES string of the molecule is Cc1nn(C)cc1C(C)NC(=O)c1cnn2c(-c3cccs3)ccnc12. The Morgan fingerprint density at radius 1 is 1.35 bits per heavy atom. The number of aromatic nitrogens is 5. The van der Waals surface area contributed by atoms with Crippen molar-refractivity contribution < 1.29 is 4.79 Å². The summed E-state index contributed by atoms with van der Waals surface area (Å²) in [7, 11) is 1.87. The predicted octanol–water partition coefficient (Wildman–Crippen LogP) is 2.99. The Bertz CT molecular complexity index is 1080. The van der Waals surface area contributed by atoms with Crippen LogP contribution >= 0.6 is 11.3 Å². The van der Waals surface area contributed by atoms with Crippen molar-refractivity contribution in [2.24, 2.45) is 7.05 Å². The van der Waals surface area contributed by atoms with E-state index in [9.17, 15) is 4.79 Å². The van der Waals surface area contributed by atoms with E-state index >= 15 is 0 Å². The zero-order valence-corrected chi connectivity index (χ0v) is 15.5. The number of rotatable bonds is 4. The van der Waals surface area contributed by atoms with Gasteiger partial charge in [0.25, 0.3) is 5.91 Å². The molecule has 26 heavy (non-hydrogen) atoms. The fourth-order valence-electron chi connectivity index (χ4n) is 3.06. The minimum atomic E-state index is -0.202. The van der Waals surface area contributed by atoms with E-state index in [0.717, 1.165) is 21.8 Å². The molecule has 0 spiro atoms. The first-order valence-corrected chi connectivity index (χ1v) is 9.10. The summed E-state index contributed by atoms with van der Waals surface area (Å²) in [5, 5.41) is 13.7. The highest BCUT2D eigenvalue weighted by atomic mass is 32.1. The first-order chi connectivity index (χ1) is 12.5. The van der Waals surface area contributed by atoms with Crippen molar-refractivity contribution >= 4 is 22.9 Å². The Balaban J connectivity index is 1.66.